The van der Waals surface area contributed by atoms with Crippen LogP contribution in [0.4, 0.5) is 5.82 Å². The molecule has 4 heteroatoms. The maximum atomic E-state index is 4.92. The van der Waals surface area contributed by atoms with Gasteiger partial charge in [-0.3, -0.25) is 0 Å². The third-order valence-electron chi connectivity index (χ3n) is 5.29. The molecule has 144 valence electrons. The summed E-state index contributed by atoms with van der Waals surface area (Å²) < 4.78 is 2.05. The van der Waals surface area contributed by atoms with Gasteiger partial charge < -0.3 is 4.90 Å². The number of rotatable bonds is 6. The van der Waals surface area contributed by atoms with Crippen molar-refractivity contribution in [3.63, 3.8) is 0 Å². The second-order valence-electron chi connectivity index (χ2n) is 7.66. The van der Waals surface area contributed by atoms with Gasteiger partial charge >= 0.3 is 0 Å². The van der Waals surface area contributed by atoms with Gasteiger partial charge in [-0.05, 0) is 64.7 Å². The fourth-order valence-electron chi connectivity index (χ4n) is 4.10. The van der Waals surface area contributed by atoms with Crippen molar-refractivity contribution in [1.29, 1.82) is 0 Å². The molecule has 3 aromatic rings. The lowest BCUT2D eigenvalue weighted by atomic mass is 9.94. The van der Waals surface area contributed by atoms with Crippen LogP contribution in [-0.2, 0) is 0 Å². The second-order valence-corrected chi connectivity index (χ2v) is 7.66. The van der Waals surface area contributed by atoms with Crippen molar-refractivity contribution in [1.82, 2.24) is 14.6 Å². The molecule has 0 aliphatic carbocycles. The summed E-state index contributed by atoms with van der Waals surface area (Å²) >= 11 is 0. The van der Waals surface area contributed by atoms with E-state index < -0.39 is 0 Å². The molecule has 0 radical (unpaired) electrons. The van der Waals surface area contributed by atoms with Crippen LogP contribution in [0.25, 0.3) is 16.8 Å². The summed E-state index contributed by atoms with van der Waals surface area (Å²) in [5.41, 5.74) is 9.35. The number of hydrogen-bond acceptors (Lipinski definition) is 3. The molecule has 0 bridgehead atoms. The molecule has 0 amide bonds. The number of nitrogens with zero attached hydrogens (tertiary/aromatic N) is 4. The molecular weight excluding hydrogens is 332 g/mol. The second kappa shape index (κ2) is 7.71. The van der Waals surface area contributed by atoms with Crippen LogP contribution in [0.1, 0.15) is 54.8 Å². The normalized spacial score (nSPS) is 11.4. The lowest BCUT2D eigenvalue weighted by molar-refractivity contribution is 0.707. The first-order chi connectivity index (χ1) is 12.9. The van der Waals surface area contributed by atoms with Crippen molar-refractivity contribution in [2.45, 2.75) is 61.3 Å². The van der Waals surface area contributed by atoms with E-state index in [0.717, 1.165) is 35.9 Å². The van der Waals surface area contributed by atoms with E-state index in [4.69, 9.17) is 10.1 Å². The van der Waals surface area contributed by atoms with Gasteiger partial charge in [-0.1, -0.05) is 31.0 Å². The van der Waals surface area contributed by atoms with E-state index in [1.807, 2.05) is 0 Å². The van der Waals surface area contributed by atoms with E-state index in [1.54, 1.807) is 0 Å². The first-order valence-electron chi connectivity index (χ1n) is 10.1. The van der Waals surface area contributed by atoms with E-state index in [9.17, 15) is 0 Å². The number of unbranched alkanes of at least 4 members (excludes halogenated alkanes) is 1. The molecule has 0 spiro atoms. The van der Waals surface area contributed by atoms with Crippen LogP contribution in [0.5, 0.6) is 0 Å². The van der Waals surface area contributed by atoms with E-state index >= 15 is 0 Å². The number of aromatic nitrogens is 3. The molecule has 27 heavy (non-hydrogen) atoms. The summed E-state index contributed by atoms with van der Waals surface area (Å²) in [6.45, 7) is 17.2. The summed E-state index contributed by atoms with van der Waals surface area (Å²) in [6.07, 6.45) is 2.37. The summed E-state index contributed by atoms with van der Waals surface area (Å²) in [6, 6.07) is 6.67. The maximum Gasteiger partial charge on any atom is 0.165 e. The highest BCUT2D eigenvalue weighted by Crippen LogP contribution is 2.35. The van der Waals surface area contributed by atoms with Gasteiger partial charge in [-0.15, -0.1) is 0 Å². The predicted molar refractivity (Wildman–Crippen MR) is 115 cm³/mol. The Morgan fingerprint density at radius 2 is 1.59 bits per heavy atom. The zero-order chi connectivity index (χ0) is 19.7. The minimum absolute atomic E-state index is 0.965. The largest absolute Gasteiger partial charge is 0.357 e. The number of aryl methyl sites for hydroxylation is 5. The van der Waals surface area contributed by atoms with Gasteiger partial charge in [0.1, 0.15) is 5.82 Å². The van der Waals surface area contributed by atoms with E-state index in [2.05, 4.69) is 76.1 Å². The van der Waals surface area contributed by atoms with Gasteiger partial charge in [0.15, 0.2) is 5.65 Å². The topological polar surface area (TPSA) is 33.4 Å². The zero-order valence-corrected chi connectivity index (χ0v) is 17.8. The van der Waals surface area contributed by atoms with E-state index in [-0.39, 0.29) is 0 Å². The molecule has 0 atom stereocenters. The fourth-order valence-corrected chi connectivity index (χ4v) is 4.10. The Labute approximate surface area is 163 Å². The summed E-state index contributed by atoms with van der Waals surface area (Å²) in [4.78, 5) is 7.32. The highest BCUT2D eigenvalue weighted by atomic mass is 15.3. The molecule has 0 unspecified atom stereocenters. The summed E-state index contributed by atoms with van der Waals surface area (Å²) in [5, 5.41) is 4.92. The minimum atomic E-state index is 0.965. The SMILES string of the molecule is CCCCN(CC)c1cc(C)nc2c(-c3c(C)cc(C)cc3C)c(C)nn12. The van der Waals surface area contributed by atoms with Crippen LogP contribution in [0.2, 0.25) is 0 Å². The van der Waals surface area contributed by atoms with Gasteiger partial charge in [0.2, 0.25) is 0 Å². The molecule has 2 heterocycles. The molecule has 0 aliphatic rings. The molecule has 0 fully saturated rings. The van der Waals surface area contributed by atoms with Crippen LogP contribution >= 0.6 is 0 Å². The molecule has 0 saturated heterocycles. The zero-order valence-electron chi connectivity index (χ0n) is 17.8. The molecule has 0 N–H and O–H groups in total. The van der Waals surface area contributed by atoms with Gasteiger partial charge in [0.05, 0.1) is 11.3 Å². The van der Waals surface area contributed by atoms with Crippen LogP contribution < -0.4 is 4.90 Å². The van der Waals surface area contributed by atoms with Gasteiger partial charge in [0, 0.05) is 24.8 Å². The quantitative estimate of drug-likeness (QED) is 0.574. The average molecular weight is 365 g/mol. The standard InChI is InChI=1S/C23H32N4/c1-8-10-11-26(9-2)20-14-18(6)24-23-22(19(7)25-27(20)23)21-16(4)12-15(3)13-17(21)5/h12-14H,8-11H2,1-7H3. The monoisotopic (exact) mass is 364 g/mol. The molecule has 2 aromatic heterocycles. The Kier molecular flexibility index (Phi) is 5.54. The molecule has 0 aliphatic heterocycles. The fraction of sp³-hybridized carbons (Fsp3) is 0.478. The summed E-state index contributed by atoms with van der Waals surface area (Å²) in [7, 11) is 0. The van der Waals surface area contributed by atoms with Crippen molar-refractivity contribution in [3.05, 3.63) is 46.3 Å². The molecule has 0 saturated carbocycles. The first kappa shape index (κ1) is 19.4. The predicted octanol–water partition coefficient (Wildman–Crippen LogP) is 5.56. The number of anilines is 1. The van der Waals surface area contributed by atoms with Crippen molar-refractivity contribution in [3.8, 4) is 11.1 Å². The highest BCUT2D eigenvalue weighted by molar-refractivity contribution is 5.85. The van der Waals surface area contributed by atoms with Crippen molar-refractivity contribution < 1.29 is 0 Å². The Balaban J connectivity index is 2.27. The summed E-state index contributed by atoms with van der Waals surface area (Å²) in [5.74, 6) is 1.14. The molecule has 4 nitrogen and oxygen atoms in total. The Morgan fingerprint density at radius 1 is 0.926 bits per heavy atom. The maximum absolute atomic E-state index is 4.92. The molecule has 1 aromatic carbocycles. The Hall–Kier alpha value is -2.36. The number of hydrogen-bond donors (Lipinski definition) is 0. The lowest BCUT2D eigenvalue weighted by Crippen LogP contribution is -2.26. The smallest absolute Gasteiger partial charge is 0.165 e. The van der Waals surface area contributed by atoms with Crippen LogP contribution in [-0.4, -0.2) is 27.7 Å². The van der Waals surface area contributed by atoms with Crippen LogP contribution in [0.15, 0.2) is 18.2 Å². The van der Waals surface area contributed by atoms with E-state index in [0.29, 0.717) is 0 Å². The minimum Gasteiger partial charge on any atom is -0.357 e. The first-order valence-corrected chi connectivity index (χ1v) is 10.1. The number of benzene rings is 1. The van der Waals surface area contributed by atoms with Gasteiger partial charge in [0.25, 0.3) is 0 Å². The Bertz CT molecular complexity index is 945. The third kappa shape index (κ3) is 3.58. The van der Waals surface area contributed by atoms with Gasteiger partial charge in [-0.25, -0.2) is 4.98 Å². The average Bonchev–Trinajstić information content (AvgIpc) is 2.91. The van der Waals surface area contributed by atoms with Crippen molar-refractivity contribution >= 4 is 11.5 Å². The van der Waals surface area contributed by atoms with Gasteiger partial charge in [-0.2, -0.15) is 9.61 Å². The number of fused-ring (bicyclic) bond motifs is 1. The van der Waals surface area contributed by atoms with Crippen molar-refractivity contribution in [2.75, 3.05) is 18.0 Å². The molecular formula is C23H32N4. The van der Waals surface area contributed by atoms with Crippen LogP contribution in [0.3, 0.4) is 0 Å². The Morgan fingerprint density at radius 3 is 2.19 bits per heavy atom. The van der Waals surface area contributed by atoms with E-state index in [1.165, 1.54) is 40.7 Å². The molecule has 3 rings (SSSR count). The van der Waals surface area contributed by atoms with Crippen LogP contribution in [0, 0.1) is 34.6 Å². The third-order valence-corrected chi connectivity index (χ3v) is 5.29. The lowest BCUT2D eigenvalue weighted by Gasteiger charge is -2.23. The van der Waals surface area contributed by atoms with Crippen molar-refractivity contribution in [2.24, 2.45) is 0 Å². The highest BCUT2D eigenvalue weighted by Gasteiger charge is 2.20.